The van der Waals surface area contributed by atoms with Crippen LogP contribution in [0.15, 0.2) is 16.7 Å². The van der Waals surface area contributed by atoms with Crippen molar-refractivity contribution in [2.24, 2.45) is 0 Å². The zero-order chi connectivity index (χ0) is 13.9. The van der Waals surface area contributed by atoms with E-state index in [0.29, 0.717) is 13.0 Å². The molecule has 18 heavy (non-hydrogen) atoms. The zero-order valence-corrected chi connectivity index (χ0v) is 11.6. The fraction of sp³-hybridized carbons (Fsp3) is 0.545. The monoisotopic (exact) mass is 326 g/mol. The largest absolute Gasteiger partial charge is 0.419 e. The van der Waals surface area contributed by atoms with E-state index < -0.39 is 17.8 Å². The van der Waals surface area contributed by atoms with Crippen molar-refractivity contribution >= 4 is 21.7 Å². The van der Waals surface area contributed by atoms with E-state index in [-0.39, 0.29) is 10.3 Å². The number of alkyl halides is 3. The van der Waals surface area contributed by atoms with Gasteiger partial charge in [-0.25, -0.2) is 4.98 Å². The van der Waals surface area contributed by atoms with Crippen LogP contribution in [0.2, 0.25) is 0 Å². The second kappa shape index (κ2) is 5.88. The molecular formula is C11H14BrF3N2O. The molecule has 0 amide bonds. The Morgan fingerprint density at radius 3 is 2.61 bits per heavy atom. The number of nitrogens with zero attached hydrogens (tertiary/aromatic N) is 2. The molecule has 0 bridgehead atoms. The number of aliphatic hydroxyl groups excluding tert-OH is 1. The van der Waals surface area contributed by atoms with Gasteiger partial charge in [-0.2, -0.15) is 13.2 Å². The topological polar surface area (TPSA) is 36.4 Å². The minimum absolute atomic E-state index is 0.133. The van der Waals surface area contributed by atoms with Crippen molar-refractivity contribution in [3.05, 3.63) is 22.3 Å². The Kier molecular flexibility index (Phi) is 4.98. The molecule has 102 valence electrons. The Hall–Kier alpha value is -0.820. The lowest BCUT2D eigenvalue weighted by molar-refractivity contribution is -0.137. The van der Waals surface area contributed by atoms with Gasteiger partial charge in [0.2, 0.25) is 0 Å². The number of hydrogen-bond donors (Lipinski definition) is 1. The van der Waals surface area contributed by atoms with Gasteiger partial charge in [0.1, 0.15) is 5.82 Å². The molecule has 0 fully saturated rings. The standard InChI is InChI=1S/C11H14BrF3N2O/c1-7(18)3-4-17(2)10-9(11(13,14)15)5-8(12)6-16-10/h5-7,18H,3-4H2,1-2H3. The van der Waals surface area contributed by atoms with Crippen LogP contribution in [0.4, 0.5) is 19.0 Å². The van der Waals surface area contributed by atoms with Crippen LogP contribution in [-0.2, 0) is 6.18 Å². The predicted octanol–water partition coefficient (Wildman–Crippen LogP) is 3.07. The summed E-state index contributed by atoms with van der Waals surface area (Å²) in [5.41, 5.74) is -0.787. The second-order valence-corrected chi connectivity index (χ2v) is 5.00. The first-order valence-electron chi connectivity index (χ1n) is 5.33. The van der Waals surface area contributed by atoms with Gasteiger partial charge in [-0.15, -0.1) is 0 Å². The molecule has 1 heterocycles. The number of pyridine rings is 1. The zero-order valence-electron chi connectivity index (χ0n) is 10.00. The highest BCUT2D eigenvalue weighted by Gasteiger charge is 2.35. The summed E-state index contributed by atoms with van der Waals surface area (Å²) in [7, 11) is 1.52. The quantitative estimate of drug-likeness (QED) is 0.923. The van der Waals surface area contributed by atoms with E-state index in [1.807, 2.05) is 0 Å². The van der Waals surface area contributed by atoms with Crippen LogP contribution in [0.25, 0.3) is 0 Å². The van der Waals surface area contributed by atoms with Gasteiger partial charge in [-0.05, 0) is 35.3 Å². The fourth-order valence-corrected chi connectivity index (χ4v) is 1.76. The number of anilines is 1. The number of aromatic nitrogens is 1. The van der Waals surface area contributed by atoms with Crippen molar-refractivity contribution in [1.82, 2.24) is 4.98 Å². The van der Waals surface area contributed by atoms with E-state index in [9.17, 15) is 13.2 Å². The molecule has 1 N–H and O–H groups in total. The van der Waals surface area contributed by atoms with Crippen molar-refractivity contribution in [1.29, 1.82) is 0 Å². The summed E-state index contributed by atoms with van der Waals surface area (Å²) in [6, 6.07) is 1.00. The normalized spacial score (nSPS) is 13.5. The Morgan fingerprint density at radius 2 is 2.11 bits per heavy atom. The van der Waals surface area contributed by atoms with Gasteiger partial charge in [-0.1, -0.05) is 0 Å². The Morgan fingerprint density at radius 1 is 1.50 bits per heavy atom. The SMILES string of the molecule is CC(O)CCN(C)c1ncc(Br)cc1C(F)(F)F. The van der Waals surface area contributed by atoms with Crippen LogP contribution in [0.3, 0.4) is 0 Å². The number of aliphatic hydroxyl groups is 1. The van der Waals surface area contributed by atoms with Gasteiger partial charge in [0, 0.05) is 24.3 Å². The van der Waals surface area contributed by atoms with Crippen molar-refractivity contribution in [3.63, 3.8) is 0 Å². The summed E-state index contributed by atoms with van der Waals surface area (Å²) in [5, 5.41) is 9.14. The van der Waals surface area contributed by atoms with Crippen LogP contribution in [0.1, 0.15) is 18.9 Å². The van der Waals surface area contributed by atoms with E-state index in [1.165, 1.54) is 18.1 Å². The molecule has 1 rings (SSSR count). The molecule has 0 radical (unpaired) electrons. The van der Waals surface area contributed by atoms with Gasteiger partial charge < -0.3 is 10.0 Å². The fourth-order valence-electron chi connectivity index (χ4n) is 1.43. The van der Waals surface area contributed by atoms with Crippen LogP contribution < -0.4 is 4.90 Å². The average molecular weight is 327 g/mol. The third kappa shape index (κ3) is 4.13. The molecule has 1 aromatic heterocycles. The van der Waals surface area contributed by atoms with Gasteiger partial charge in [-0.3, -0.25) is 0 Å². The molecule has 0 aliphatic heterocycles. The maximum absolute atomic E-state index is 12.9. The van der Waals surface area contributed by atoms with Crippen LogP contribution in [-0.4, -0.2) is 29.8 Å². The number of rotatable bonds is 4. The third-order valence-electron chi connectivity index (χ3n) is 2.38. The van der Waals surface area contributed by atoms with E-state index in [4.69, 9.17) is 5.11 Å². The first-order chi connectivity index (χ1) is 8.21. The molecule has 0 spiro atoms. The molecule has 7 heteroatoms. The molecule has 1 atom stereocenters. The molecule has 0 saturated carbocycles. The maximum Gasteiger partial charge on any atom is 0.419 e. The van der Waals surface area contributed by atoms with Gasteiger partial charge >= 0.3 is 6.18 Å². The van der Waals surface area contributed by atoms with Crippen molar-refractivity contribution in [2.75, 3.05) is 18.5 Å². The molecular weight excluding hydrogens is 313 g/mol. The van der Waals surface area contributed by atoms with Crippen molar-refractivity contribution < 1.29 is 18.3 Å². The minimum atomic E-state index is -4.45. The summed E-state index contributed by atoms with van der Waals surface area (Å²) >= 11 is 2.98. The average Bonchev–Trinajstić information content (AvgIpc) is 2.24. The predicted molar refractivity (Wildman–Crippen MR) is 66.5 cm³/mol. The highest BCUT2D eigenvalue weighted by Crippen LogP contribution is 2.36. The van der Waals surface area contributed by atoms with E-state index >= 15 is 0 Å². The number of halogens is 4. The summed E-state index contributed by atoms with van der Waals surface area (Å²) < 4.78 is 38.8. The van der Waals surface area contributed by atoms with Crippen LogP contribution >= 0.6 is 15.9 Å². The summed E-state index contributed by atoms with van der Waals surface area (Å²) in [6.45, 7) is 1.89. The molecule has 1 unspecified atom stereocenters. The molecule has 0 aliphatic carbocycles. The first kappa shape index (κ1) is 15.2. The smallest absolute Gasteiger partial charge is 0.393 e. The molecule has 1 aromatic rings. The summed E-state index contributed by atoms with van der Waals surface area (Å²) in [6.07, 6.45) is -3.31. The lowest BCUT2D eigenvalue weighted by Gasteiger charge is -2.22. The van der Waals surface area contributed by atoms with Crippen molar-refractivity contribution in [2.45, 2.75) is 25.6 Å². The van der Waals surface area contributed by atoms with Gasteiger partial charge in [0.05, 0.1) is 11.7 Å². The van der Waals surface area contributed by atoms with E-state index in [2.05, 4.69) is 20.9 Å². The lowest BCUT2D eigenvalue weighted by Crippen LogP contribution is -2.25. The van der Waals surface area contributed by atoms with Crippen LogP contribution in [0, 0.1) is 0 Å². The molecule has 3 nitrogen and oxygen atoms in total. The highest BCUT2D eigenvalue weighted by molar-refractivity contribution is 9.10. The Labute approximate surface area is 112 Å². The van der Waals surface area contributed by atoms with E-state index in [0.717, 1.165) is 6.07 Å². The molecule has 0 aromatic carbocycles. The minimum Gasteiger partial charge on any atom is -0.393 e. The maximum atomic E-state index is 12.9. The third-order valence-corrected chi connectivity index (χ3v) is 2.82. The number of hydrogen-bond acceptors (Lipinski definition) is 3. The second-order valence-electron chi connectivity index (χ2n) is 4.08. The van der Waals surface area contributed by atoms with Gasteiger partial charge in [0.25, 0.3) is 0 Å². The first-order valence-corrected chi connectivity index (χ1v) is 6.13. The molecule has 0 saturated heterocycles. The highest BCUT2D eigenvalue weighted by atomic mass is 79.9. The summed E-state index contributed by atoms with van der Waals surface area (Å²) in [4.78, 5) is 5.19. The van der Waals surface area contributed by atoms with Crippen molar-refractivity contribution in [3.8, 4) is 0 Å². The van der Waals surface area contributed by atoms with Crippen LogP contribution in [0.5, 0.6) is 0 Å². The van der Waals surface area contributed by atoms with E-state index in [1.54, 1.807) is 6.92 Å². The Bertz CT molecular complexity index is 410. The van der Waals surface area contributed by atoms with Gasteiger partial charge in [0.15, 0.2) is 0 Å². The molecule has 0 aliphatic rings. The Balaban J connectivity index is 3.00. The lowest BCUT2D eigenvalue weighted by atomic mass is 10.2. The summed E-state index contributed by atoms with van der Waals surface area (Å²) in [5.74, 6) is -0.133.